The Bertz CT molecular complexity index is 49.2. The summed E-state index contributed by atoms with van der Waals surface area (Å²) < 4.78 is 8.06. The molecule has 0 saturated carbocycles. The van der Waals surface area contributed by atoms with Crippen LogP contribution in [0.15, 0.2) is 0 Å². The third kappa shape index (κ3) is 8.76. The number of rotatable bonds is 7. The van der Waals surface area contributed by atoms with Crippen LogP contribution >= 0.6 is 0 Å². The minimum absolute atomic E-state index is 0.0567. The number of ether oxygens (including phenoxy) is 1. The van der Waals surface area contributed by atoms with Crippen molar-refractivity contribution in [2.75, 3.05) is 13.7 Å². The van der Waals surface area contributed by atoms with Crippen LogP contribution in [0.25, 0.3) is 0 Å². The molecular weight excluding hydrogens is 231 g/mol. The third-order valence-electron chi connectivity index (χ3n) is 1.41. The molecule has 0 amide bonds. The predicted molar refractivity (Wildman–Crippen MR) is 46.8 cm³/mol. The molecule has 0 aliphatic heterocycles. The second kappa shape index (κ2) is 9.76. The monoisotopic (exact) mass is 250 g/mol. The molecule has 0 saturated heterocycles. The van der Waals surface area contributed by atoms with Crippen LogP contribution in [0.4, 0.5) is 0 Å². The van der Waals surface area contributed by atoms with E-state index in [1.54, 1.807) is 11.5 Å². The maximum atomic E-state index is 4.98. The molecule has 0 aromatic heterocycles. The van der Waals surface area contributed by atoms with Crippen molar-refractivity contribution in [3.63, 3.8) is 0 Å². The van der Waals surface area contributed by atoms with Crippen molar-refractivity contribution in [3.8, 4) is 0 Å². The molecule has 1 nitrogen and oxygen atoms in total. The summed E-state index contributed by atoms with van der Waals surface area (Å²) in [4.78, 5) is 0. The van der Waals surface area contributed by atoms with Gasteiger partial charge < -0.3 is 0 Å². The second-order valence-corrected chi connectivity index (χ2v) is 6.73. The summed E-state index contributed by atoms with van der Waals surface area (Å²) in [5, 5.41) is 0. The molecule has 0 spiro atoms. The second-order valence-electron chi connectivity index (χ2n) is 2.45. The van der Waals surface area contributed by atoms with Crippen molar-refractivity contribution in [2.45, 2.75) is 35.1 Å². The molecule has 0 atom stereocenters. The van der Waals surface area contributed by atoms with E-state index in [1.165, 1.54) is 23.7 Å². The molecule has 0 heterocycles. The van der Waals surface area contributed by atoms with Crippen LogP contribution in [0.5, 0.6) is 0 Å². The molecule has 0 aromatic rings. The summed E-state index contributed by atoms with van der Waals surface area (Å²) in [6.07, 6.45) is 4.16. The topological polar surface area (TPSA) is 9.23 Å². The molecule has 2 radical (unpaired) electrons. The normalized spacial score (nSPS) is 10.2. The van der Waals surface area contributed by atoms with Gasteiger partial charge in [0.1, 0.15) is 0 Å². The van der Waals surface area contributed by atoms with E-state index in [1.807, 2.05) is 0 Å². The van der Waals surface area contributed by atoms with E-state index in [9.17, 15) is 0 Å². The Labute approximate surface area is 74.8 Å². The summed E-state index contributed by atoms with van der Waals surface area (Å²) in [6, 6.07) is 0. The van der Waals surface area contributed by atoms with Gasteiger partial charge in [-0.15, -0.1) is 0 Å². The number of hydrogen-bond acceptors (Lipinski definition) is 1. The summed E-state index contributed by atoms with van der Waals surface area (Å²) in [6.45, 7) is 3.25. The molecule has 60 valence electrons. The molecule has 0 bridgehead atoms. The van der Waals surface area contributed by atoms with Gasteiger partial charge in [0.25, 0.3) is 0 Å². The van der Waals surface area contributed by atoms with Crippen LogP contribution in [0.1, 0.15) is 26.2 Å². The van der Waals surface area contributed by atoms with Gasteiger partial charge >= 0.3 is 74.7 Å². The van der Waals surface area contributed by atoms with Crippen LogP contribution < -0.4 is 0 Å². The van der Waals surface area contributed by atoms with Gasteiger partial charge in [0.2, 0.25) is 0 Å². The summed E-state index contributed by atoms with van der Waals surface area (Å²) in [5.74, 6) is 0. The van der Waals surface area contributed by atoms with E-state index in [2.05, 4.69) is 6.92 Å². The zero-order valence-corrected chi connectivity index (χ0v) is 10.0. The van der Waals surface area contributed by atoms with E-state index >= 15 is 0 Å². The first-order valence-electron chi connectivity index (χ1n) is 4.11. The Kier molecular flexibility index (Phi) is 10.5. The molecule has 0 aliphatic rings. The zero-order chi connectivity index (χ0) is 7.66. The van der Waals surface area contributed by atoms with Gasteiger partial charge in [0.05, 0.1) is 0 Å². The molecule has 0 aromatic carbocycles. The van der Waals surface area contributed by atoms with Crippen molar-refractivity contribution >= 4 is 21.1 Å². The van der Waals surface area contributed by atoms with Crippen molar-refractivity contribution in [3.05, 3.63) is 0 Å². The first-order valence-corrected chi connectivity index (χ1v) is 8.15. The summed E-state index contributed by atoms with van der Waals surface area (Å²) in [5.41, 5.74) is 0. The Balaban J connectivity index is 2.65. The number of unbranched alkanes of at least 4 members (excludes halogenated alkanes) is 1. The van der Waals surface area contributed by atoms with Crippen LogP contribution in [0, 0.1) is 0 Å². The van der Waals surface area contributed by atoms with Gasteiger partial charge in [0.15, 0.2) is 0 Å². The molecule has 2 heteroatoms. The Morgan fingerprint density at radius 2 is 1.90 bits per heavy atom. The van der Waals surface area contributed by atoms with Gasteiger partial charge in [-0.25, -0.2) is 0 Å². The van der Waals surface area contributed by atoms with Crippen LogP contribution in [-0.2, 0) is 4.74 Å². The van der Waals surface area contributed by atoms with Crippen molar-refractivity contribution in [2.24, 2.45) is 0 Å². The van der Waals surface area contributed by atoms with Gasteiger partial charge in [-0.05, 0) is 0 Å². The van der Waals surface area contributed by atoms with Gasteiger partial charge in [-0.1, -0.05) is 0 Å². The van der Waals surface area contributed by atoms with Crippen LogP contribution in [-0.4, -0.2) is 34.9 Å². The average molecular weight is 249 g/mol. The van der Waals surface area contributed by atoms with Crippen molar-refractivity contribution in [1.82, 2.24) is 0 Å². The fourth-order valence-corrected chi connectivity index (χ4v) is 4.33. The van der Waals surface area contributed by atoms with Gasteiger partial charge in [0, 0.05) is 0 Å². The minimum atomic E-state index is 0.0567. The molecule has 0 unspecified atom stereocenters. The Hall–Kier alpha value is 0.759. The standard InChI is InChI=1S/C4H9O.C4H9.Sn/c1-3-4-5-2;1-3-4-2;/h1,3-4H2,2H3;1,3-4H2,2H3;. The summed E-state index contributed by atoms with van der Waals surface area (Å²) in [7, 11) is 1.79. The number of methoxy groups -OCH3 is 1. The molecule has 10 heavy (non-hydrogen) atoms. The van der Waals surface area contributed by atoms with Crippen molar-refractivity contribution in [1.29, 1.82) is 0 Å². The maximum absolute atomic E-state index is 4.98. The molecule has 0 aliphatic carbocycles. The summed E-state index contributed by atoms with van der Waals surface area (Å²) >= 11 is 0.0567. The molecule has 0 N–H and O–H groups in total. The zero-order valence-electron chi connectivity index (χ0n) is 7.15. The van der Waals surface area contributed by atoms with E-state index in [0.29, 0.717) is 0 Å². The number of hydrogen-bond donors (Lipinski definition) is 0. The Morgan fingerprint density at radius 3 is 2.50 bits per heavy atom. The van der Waals surface area contributed by atoms with Crippen molar-refractivity contribution < 1.29 is 4.74 Å². The average Bonchev–Trinajstić information content (AvgIpc) is 1.97. The van der Waals surface area contributed by atoms with E-state index in [0.717, 1.165) is 6.61 Å². The molecular formula is C8H18OSn. The quantitative estimate of drug-likeness (QED) is 0.497. The van der Waals surface area contributed by atoms with Gasteiger partial charge in [-0.3, -0.25) is 0 Å². The SMILES string of the molecule is CCC[CH2][Sn][CH2]CCOC. The molecule has 0 fully saturated rings. The van der Waals surface area contributed by atoms with E-state index in [-0.39, 0.29) is 21.1 Å². The predicted octanol–water partition coefficient (Wildman–Crippen LogP) is 2.36. The Morgan fingerprint density at radius 1 is 1.20 bits per heavy atom. The third-order valence-corrected chi connectivity index (χ3v) is 5.45. The first-order chi connectivity index (χ1) is 4.91. The van der Waals surface area contributed by atoms with E-state index in [4.69, 9.17) is 4.74 Å². The van der Waals surface area contributed by atoms with E-state index < -0.39 is 0 Å². The fourth-order valence-electron chi connectivity index (χ4n) is 0.768. The van der Waals surface area contributed by atoms with Crippen LogP contribution in [0.3, 0.4) is 0 Å². The first kappa shape index (κ1) is 10.8. The fraction of sp³-hybridized carbons (Fsp3) is 1.00. The van der Waals surface area contributed by atoms with Crippen LogP contribution in [0.2, 0.25) is 8.87 Å². The molecule has 0 rings (SSSR count). The van der Waals surface area contributed by atoms with Gasteiger partial charge in [-0.2, -0.15) is 0 Å².